The van der Waals surface area contributed by atoms with E-state index >= 15 is 0 Å². The Balaban J connectivity index is 0.00000128. The molecule has 2 N–H and O–H groups in total. The number of piperazine rings is 1. The number of rotatable bonds is 2. The molecule has 0 bridgehead atoms. The molecule has 2 rings (SSSR count). The third-order valence-corrected chi connectivity index (χ3v) is 2.93. The first-order valence-electron chi connectivity index (χ1n) is 5.09. The summed E-state index contributed by atoms with van der Waals surface area (Å²) in [6.07, 6.45) is 0. The maximum absolute atomic E-state index is 5.97. The SMILES string of the molecule is COc1cc([C@@H]2CNCCN2)ccc1Cl.Cl. The summed E-state index contributed by atoms with van der Waals surface area (Å²) in [6.45, 7) is 2.97. The molecule has 1 aromatic carbocycles. The Morgan fingerprint density at radius 1 is 1.38 bits per heavy atom. The molecule has 0 saturated carbocycles. The van der Waals surface area contributed by atoms with E-state index in [9.17, 15) is 0 Å². The molecule has 90 valence electrons. The summed E-state index contributed by atoms with van der Waals surface area (Å²) < 4.78 is 5.20. The molecule has 1 aliphatic heterocycles. The number of hydrogen-bond acceptors (Lipinski definition) is 3. The zero-order valence-corrected chi connectivity index (χ0v) is 10.7. The molecule has 5 heteroatoms. The van der Waals surface area contributed by atoms with Crippen LogP contribution in [0.5, 0.6) is 5.75 Å². The summed E-state index contributed by atoms with van der Waals surface area (Å²) in [6, 6.07) is 6.26. The van der Waals surface area contributed by atoms with E-state index < -0.39 is 0 Å². The van der Waals surface area contributed by atoms with Crippen LogP contribution in [0.25, 0.3) is 0 Å². The van der Waals surface area contributed by atoms with Gasteiger partial charge < -0.3 is 15.4 Å². The van der Waals surface area contributed by atoms with Crippen LogP contribution in [0, 0.1) is 0 Å². The average molecular weight is 263 g/mol. The molecule has 0 radical (unpaired) electrons. The zero-order chi connectivity index (χ0) is 10.7. The lowest BCUT2D eigenvalue weighted by Crippen LogP contribution is -2.42. The van der Waals surface area contributed by atoms with Crippen molar-refractivity contribution in [2.45, 2.75) is 6.04 Å². The number of methoxy groups -OCH3 is 1. The van der Waals surface area contributed by atoms with Crippen LogP contribution in [0.3, 0.4) is 0 Å². The summed E-state index contributed by atoms with van der Waals surface area (Å²) in [7, 11) is 1.64. The molecule has 1 fully saturated rings. The fourth-order valence-corrected chi connectivity index (χ4v) is 1.98. The van der Waals surface area contributed by atoms with E-state index in [2.05, 4.69) is 10.6 Å². The van der Waals surface area contributed by atoms with Gasteiger partial charge in [-0.25, -0.2) is 0 Å². The van der Waals surface area contributed by atoms with Crippen molar-refractivity contribution in [2.24, 2.45) is 0 Å². The van der Waals surface area contributed by atoms with Crippen molar-refractivity contribution in [1.82, 2.24) is 10.6 Å². The molecular weight excluding hydrogens is 247 g/mol. The highest BCUT2D eigenvalue weighted by atomic mass is 35.5. The molecule has 0 spiro atoms. The summed E-state index contributed by atoms with van der Waals surface area (Å²) in [5, 5.41) is 7.45. The van der Waals surface area contributed by atoms with Crippen LogP contribution in [-0.2, 0) is 0 Å². The molecule has 1 heterocycles. The smallest absolute Gasteiger partial charge is 0.137 e. The van der Waals surface area contributed by atoms with Crippen LogP contribution in [0.1, 0.15) is 11.6 Å². The summed E-state index contributed by atoms with van der Waals surface area (Å²) in [5.74, 6) is 0.738. The van der Waals surface area contributed by atoms with E-state index in [0.29, 0.717) is 11.1 Å². The normalized spacial score (nSPS) is 20.0. The van der Waals surface area contributed by atoms with E-state index in [1.165, 1.54) is 5.56 Å². The third-order valence-electron chi connectivity index (χ3n) is 2.62. The molecule has 3 nitrogen and oxygen atoms in total. The maximum atomic E-state index is 5.97. The number of ether oxygens (including phenoxy) is 1. The van der Waals surface area contributed by atoms with Gasteiger partial charge in [0.15, 0.2) is 0 Å². The quantitative estimate of drug-likeness (QED) is 0.856. The fraction of sp³-hybridized carbons (Fsp3) is 0.455. The Hall–Kier alpha value is -0.480. The van der Waals surface area contributed by atoms with Gasteiger partial charge in [0.1, 0.15) is 5.75 Å². The van der Waals surface area contributed by atoms with Gasteiger partial charge in [0.25, 0.3) is 0 Å². The summed E-state index contributed by atoms with van der Waals surface area (Å²) in [5.41, 5.74) is 1.21. The second-order valence-electron chi connectivity index (χ2n) is 3.60. The number of nitrogens with one attached hydrogen (secondary N) is 2. The Bertz CT molecular complexity index is 341. The molecule has 1 aliphatic rings. The van der Waals surface area contributed by atoms with Crippen molar-refractivity contribution in [3.63, 3.8) is 0 Å². The molecule has 0 aliphatic carbocycles. The number of benzene rings is 1. The first-order valence-corrected chi connectivity index (χ1v) is 5.46. The Labute approximate surface area is 107 Å². The molecular formula is C11H16Cl2N2O. The van der Waals surface area contributed by atoms with Crippen molar-refractivity contribution in [3.8, 4) is 5.75 Å². The van der Waals surface area contributed by atoms with Crippen LogP contribution in [0.2, 0.25) is 5.02 Å². The summed E-state index contributed by atoms with van der Waals surface area (Å²) in [4.78, 5) is 0. The van der Waals surface area contributed by atoms with Crippen LogP contribution in [0.15, 0.2) is 18.2 Å². The van der Waals surface area contributed by atoms with Gasteiger partial charge in [-0.15, -0.1) is 12.4 Å². The highest BCUT2D eigenvalue weighted by Crippen LogP contribution is 2.27. The van der Waals surface area contributed by atoms with Gasteiger partial charge in [-0.05, 0) is 17.7 Å². The largest absolute Gasteiger partial charge is 0.495 e. The van der Waals surface area contributed by atoms with Crippen LogP contribution < -0.4 is 15.4 Å². The maximum Gasteiger partial charge on any atom is 0.137 e. The lowest BCUT2D eigenvalue weighted by molar-refractivity contribution is 0.407. The van der Waals surface area contributed by atoms with Gasteiger partial charge in [-0.1, -0.05) is 17.7 Å². The Kier molecular flexibility index (Phi) is 5.35. The van der Waals surface area contributed by atoms with Crippen LogP contribution in [-0.4, -0.2) is 26.7 Å². The summed E-state index contributed by atoms with van der Waals surface area (Å²) >= 11 is 5.97. The van der Waals surface area contributed by atoms with Gasteiger partial charge in [-0.2, -0.15) is 0 Å². The van der Waals surface area contributed by atoms with Crippen molar-refractivity contribution in [1.29, 1.82) is 0 Å². The first kappa shape index (κ1) is 13.6. The lowest BCUT2D eigenvalue weighted by atomic mass is 10.1. The van der Waals surface area contributed by atoms with Crippen molar-refractivity contribution >= 4 is 24.0 Å². The minimum absolute atomic E-state index is 0. The van der Waals surface area contributed by atoms with Gasteiger partial charge >= 0.3 is 0 Å². The molecule has 0 unspecified atom stereocenters. The van der Waals surface area contributed by atoms with E-state index in [-0.39, 0.29) is 12.4 Å². The van der Waals surface area contributed by atoms with Crippen molar-refractivity contribution in [3.05, 3.63) is 28.8 Å². The van der Waals surface area contributed by atoms with Gasteiger partial charge in [-0.3, -0.25) is 0 Å². The minimum Gasteiger partial charge on any atom is -0.495 e. The number of hydrogen-bond donors (Lipinski definition) is 2. The number of halogens is 2. The molecule has 0 amide bonds. The molecule has 1 saturated heterocycles. The zero-order valence-electron chi connectivity index (χ0n) is 9.13. The van der Waals surface area contributed by atoms with E-state index in [1.54, 1.807) is 7.11 Å². The predicted molar refractivity (Wildman–Crippen MR) is 68.9 cm³/mol. The molecule has 1 aromatic rings. The van der Waals surface area contributed by atoms with Crippen molar-refractivity contribution in [2.75, 3.05) is 26.7 Å². The van der Waals surface area contributed by atoms with Crippen LogP contribution >= 0.6 is 24.0 Å². The molecule has 0 aromatic heterocycles. The monoisotopic (exact) mass is 262 g/mol. The van der Waals surface area contributed by atoms with Crippen LogP contribution in [0.4, 0.5) is 0 Å². The second-order valence-corrected chi connectivity index (χ2v) is 4.01. The Morgan fingerprint density at radius 2 is 2.19 bits per heavy atom. The minimum atomic E-state index is 0. The third kappa shape index (κ3) is 3.01. The lowest BCUT2D eigenvalue weighted by Gasteiger charge is -2.25. The fourth-order valence-electron chi connectivity index (χ4n) is 1.78. The average Bonchev–Trinajstić information content (AvgIpc) is 2.31. The Morgan fingerprint density at radius 3 is 2.81 bits per heavy atom. The van der Waals surface area contributed by atoms with Gasteiger partial charge in [0.2, 0.25) is 0 Å². The van der Waals surface area contributed by atoms with E-state index in [1.807, 2.05) is 18.2 Å². The first-order chi connectivity index (χ1) is 7.31. The topological polar surface area (TPSA) is 33.3 Å². The molecule has 16 heavy (non-hydrogen) atoms. The van der Waals surface area contributed by atoms with E-state index in [0.717, 1.165) is 25.4 Å². The molecule has 1 atom stereocenters. The van der Waals surface area contributed by atoms with E-state index in [4.69, 9.17) is 16.3 Å². The highest BCUT2D eigenvalue weighted by Gasteiger charge is 2.15. The standard InChI is InChI=1S/C11H15ClN2O.ClH/c1-15-11-6-8(2-3-9(11)12)10-7-13-4-5-14-10;/h2-3,6,10,13-14H,4-5,7H2,1H3;1H/t10-;/m0./s1. The van der Waals surface area contributed by atoms with Crippen molar-refractivity contribution < 1.29 is 4.74 Å². The highest BCUT2D eigenvalue weighted by molar-refractivity contribution is 6.32. The van der Waals surface area contributed by atoms with Gasteiger partial charge in [0.05, 0.1) is 12.1 Å². The predicted octanol–water partition coefficient (Wildman–Crippen LogP) is 2.00. The second kappa shape index (κ2) is 6.30. The van der Waals surface area contributed by atoms with Gasteiger partial charge in [0, 0.05) is 25.7 Å².